The monoisotopic (exact) mass is 341 g/mol. The molecule has 0 aliphatic heterocycles. The molecular weight excluding hydrogens is 330 g/mol. The first-order chi connectivity index (χ1) is 8.92. The van der Waals surface area contributed by atoms with Gasteiger partial charge in [0.05, 0.1) is 18.1 Å². The third-order valence-corrected chi connectivity index (χ3v) is 3.29. The quantitative estimate of drug-likeness (QED) is 0.896. The minimum absolute atomic E-state index is 0.295. The molecule has 1 aromatic carbocycles. The van der Waals surface area contributed by atoms with E-state index in [4.69, 9.17) is 0 Å². The number of rotatable bonds is 4. The third-order valence-electron chi connectivity index (χ3n) is 2.19. The Labute approximate surface area is 120 Å². The molecule has 0 saturated carbocycles. The standard InChI is InChI=1S/C12H12BrN3O2S/c1-19(17,18)16-12-7-6-11(8-14-12)15-10-4-2-9(13)3-5-10/h2-8,15H,1H3,(H,14,16). The highest BCUT2D eigenvalue weighted by Crippen LogP contribution is 2.19. The molecule has 2 N–H and O–H groups in total. The number of nitrogens with zero attached hydrogens (tertiary/aromatic N) is 1. The van der Waals surface area contributed by atoms with Crippen LogP contribution in [0, 0.1) is 0 Å². The van der Waals surface area contributed by atoms with Gasteiger partial charge in [-0.1, -0.05) is 15.9 Å². The van der Waals surface area contributed by atoms with Gasteiger partial charge in [0.25, 0.3) is 0 Å². The van der Waals surface area contributed by atoms with Crippen LogP contribution < -0.4 is 10.0 Å². The second-order valence-corrected chi connectivity index (χ2v) is 6.60. The second kappa shape index (κ2) is 5.58. The van der Waals surface area contributed by atoms with Gasteiger partial charge in [0, 0.05) is 10.2 Å². The molecule has 0 spiro atoms. The highest BCUT2D eigenvalue weighted by molar-refractivity contribution is 9.10. The fourth-order valence-corrected chi connectivity index (χ4v) is 2.18. The molecule has 0 aliphatic carbocycles. The fourth-order valence-electron chi connectivity index (χ4n) is 1.42. The van der Waals surface area contributed by atoms with E-state index in [9.17, 15) is 8.42 Å². The van der Waals surface area contributed by atoms with Crippen LogP contribution in [0.3, 0.4) is 0 Å². The normalized spacial score (nSPS) is 11.1. The molecule has 0 saturated heterocycles. The largest absolute Gasteiger partial charge is 0.354 e. The maximum absolute atomic E-state index is 11.0. The number of halogens is 1. The van der Waals surface area contributed by atoms with Crippen molar-refractivity contribution in [1.82, 2.24) is 4.98 Å². The zero-order chi connectivity index (χ0) is 13.9. The highest BCUT2D eigenvalue weighted by Gasteiger charge is 2.02. The van der Waals surface area contributed by atoms with Gasteiger partial charge in [0.1, 0.15) is 5.82 Å². The zero-order valence-electron chi connectivity index (χ0n) is 10.1. The summed E-state index contributed by atoms with van der Waals surface area (Å²) >= 11 is 3.36. The topological polar surface area (TPSA) is 71.1 Å². The minimum Gasteiger partial charge on any atom is -0.354 e. The van der Waals surface area contributed by atoms with Gasteiger partial charge < -0.3 is 5.32 Å². The Balaban J connectivity index is 2.08. The second-order valence-electron chi connectivity index (χ2n) is 3.94. The van der Waals surface area contributed by atoms with Crippen molar-refractivity contribution < 1.29 is 8.42 Å². The lowest BCUT2D eigenvalue weighted by Crippen LogP contribution is -2.10. The summed E-state index contributed by atoms with van der Waals surface area (Å²) in [6, 6.07) is 11.1. The Hall–Kier alpha value is -1.60. The molecule has 2 rings (SSSR count). The number of hydrogen-bond donors (Lipinski definition) is 2. The van der Waals surface area contributed by atoms with E-state index >= 15 is 0 Å². The molecule has 0 atom stereocenters. The first-order valence-corrected chi connectivity index (χ1v) is 8.07. The lowest BCUT2D eigenvalue weighted by atomic mass is 10.3. The van der Waals surface area contributed by atoms with E-state index in [1.807, 2.05) is 24.3 Å². The molecule has 0 aliphatic rings. The van der Waals surface area contributed by atoms with Gasteiger partial charge in [-0.2, -0.15) is 0 Å². The number of nitrogens with one attached hydrogen (secondary N) is 2. The van der Waals surface area contributed by atoms with Crippen molar-refractivity contribution in [3.63, 3.8) is 0 Å². The van der Waals surface area contributed by atoms with E-state index < -0.39 is 10.0 Å². The molecule has 0 unspecified atom stereocenters. The fraction of sp³-hybridized carbons (Fsp3) is 0.0833. The molecule has 0 fully saturated rings. The van der Waals surface area contributed by atoms with Crippen LogP contribution in [0.1, 0.15) is 0 Å². The van der Waals surface area contributed by atoms with Crippen molar-refractivity contribution in [2.75, 3.05) is 16.3 Å². The van der Waals surface area contributed by atoms with Crippen LogP contribution in [0.4, 0.5) is 17.2 Å². The zero-order valence-corrected chi connectivity index (χ0v) is 12.5. The predicted octanol–water partition coefficient (Wildman–Crippen LogP) is 2.96. The Bertz CT molecular complexity index is 654. The van der Waals surface area contributed by atoms with Crippen LogP contribution in [0.15, 0.2) is 47.1 Å². The summed E-state index contributed by atoms with van der Waals surface area (Å²) in [5.74, 6) is 0.295. The average molecular weight is 342 g/mol. The van der Waals surface area contributed by atoms with Crippen LogP contribution in [-0.4, -0.2) is 19.7 Å². The maximum atomic E-state index is 11.0. The summed E-state index contributed by atoms with van der Waals surface area (Å²) in [6.45, 7) is 0. The third kappa shape index (κ3) is 4.53. The van der Waals surface area contributed by atoms with E-state index in [0.29, 0.717) is 5.82 Å². The number of sulfonamides is 1. The number of hydrogen-bond acceptors (Lipinski definition) is 4. The van der Waals surface area contributed by atoms with Crippen molar-refractivity contribution in [3.05, 3.63) is 47.1 Å². The predicted molar refractivity (Wildman–Crippen MR) is 80.1 cm³/mol. The smallest absolute Gasteiger partial charge is 0.230 e. The first-order valence-electron chi connectivity index (χ1n) is 5.39. The SMILES string of the molecule is CS(=O)(=O)Nc1ccc(Nc2ccc(Br)cc2)cn1. The summed E-state index contributed by atoms with van der Waals surface area (Å²) in [5, 5.41) is 3.16. The van der Waals surface area contributed by atoms with Gasteiger partial charge in [0.2, 0.25) is 10.0 Å². The molecule has 1 aromatic heterocycles. The Morgan fingerprint density at radius 2 is 1.68 bits per heavy atom. The van der Waals surface area contributed by atoms with E-state index in [1.165, 1.54) is 0 Å². The molecule has 100 valence electrons. The van der Waals surface area contributed by atoms with Crippen molar-refractivity contribution in [2.45, 2.75) is 0 Å². The molecule has 19 heavy (non-hydrogen) atoms. The van der Waals surface area contributed by atoms with E-state index in [2.05, 4.69) is 31.0 Å². The van der Waals surface area contributed by atoms with Gasteiger partial charge in [-0.25, -0.2) is 13.4 Å². The Morgan fingerprint density at radius 1 is 1.05 bits per heavy atom. The van der Waals surface area contributed by atoms with Crippen molar-refractivity contribution >= 4 is 43.1 Å². The first kappa shape index (κ1) is 13.8. The number of anilines is 3. The van der Waals surface area contributed by atoms with Crippen LogP contribution in [0.25, 0.3) is 0 Å². The van der Waals surface area contributed by atoms with Gasteiger partial charge in [-0.15, -0.1) is 0 Å². The molecule has 1 heterocycles. The van der Waals surface area contributed by atoms with Crippen molar-refractivity contribution in [1.29, 1.82) is 0 Å². The summed E-state index contributed by atoms with van der Waals surface area (Å²) in [4.78, 5) is 4.02. The summed E-state index contributed by atoms with van der Waals surface area (Å²) in [7, 11) is -3.29. The molecule has 0 amide bonds. The summed E-state index contributed by atoms with van der Waals surface area (Å²) in [6.07, 6.45) is 2.65. The Kier molecular flexibility index (Phi) is 4.06. The molecule has 0 bridgehead atoms. The average Bonchev–Trinajstić information content (AvgIpc) is 2.33. The molecule has 2 aromatic rings. The van der Waals surface area contributed by atoms with Crippen LogP contribution in [-0.2, 0) is 10.0 Å². The number of benzene rings is 1. The highest BCUT2D eigenvalue weighted by atomic mass is 79.9. The minimum atomic E-state index is -3.29. The molecule has 7 heteroatoms. The van der Waals surface area contributed by atoms with Gasteiger partial charge >= 0.3 is 0 Å². The van der Waals surface area contributed by atoms with Gasteiger partial charge in [0.15, 0.2) is 0 Å². The lowest BCUT2D eigenvalue weighted by molar-refractivity contribution is 0.606. The summed E-state index contributed by atoms with van der Waals surface area (Å²) < 4.78 is 25.4. The van der Waals surface area contributed by atoms with Crippen molar-refractivity contribution in [2.24, 2.45) is 0 Å². The number of aromatic nitrogens is 1. The van der Waals surface area contributed by atoms with Crippen LogP contribution >= 0.6 is 15.9 Å². The molecular formula is C12H12BrN3O2S. The van der Waals surface area contributed by atoms with E-state index in [0.717, 1.165) is 22.1 Å². The molecule has 0 radical (unpaired) electrons. The maximum Gasteiger partial charge on any atom is 0.230 e. The summed E-state index contributed by atoms with van der Waals surface area (Å²) in [5.41, 5.74) is 1.70. The lowest BCUT2D eigenvalue weighted by Gasteiger charge is -2.07. The van der Waals surface area contributed by atoms with Gasteiger partial charge in [-0.3, -0.25) is 4.72 Å². The number of pyridine rings is 1. The Morgan fingerprint density at radius 3 is 2.21 bits per heavy atom. The van der Waals surface area contributed by atoms with E-state index in [-0.39, 0.29) is 0 Å². The van der Waals surface area contributed by atoms with E-state index in [1.54, 1.807) is 18.3 Å². The van der Waals surface area contributed by atoms with Gasteiger partial charge in [-0.05, 0) is 36.4 Å². The van der Waals surface area contributed by atoms with Crippen LogP contribution in [0.5, 0.6) is 0 Å². The molecule has 5 nitrogen and oxygen atoms in total. The van der Waals surface area contributed by atoms with Crippen LogP contribution in [0.2, 0.25) is 0 Å². The van der Waals surface area contributed by atoms with Crippen molar-refractivity contribution in [3.8, 4) is 0 Å².